The van der Waals surface area contributed by atoms with Crippen LogP contribution in [-0.2, 0) is 12.7 Å². The van der Waals surface area contributed by atoms with E-state index in [0.29, 0.717) is 5.56 Å². The van der Waals surface area contributed by atoms with Gasteiger partial charge in [0.25, 0.3) is 5.91 Å². The molecule has 25 heavy (non-hydrogen) atoms. The number of pyridine rings is 1. The van der Waals surface area contributed by atoms with E-state index in [9.17, 15) is 18.0 Å². The molecule has 6 nitrogen and oxygen atoms in total. The molecule has 0 bridgehead atoms. The van der Waals surface area contributed by atoms with E-state index in [2.05, 4.69) is 20.5 Å². The van der Waals surface area contributed by atoms with Gasteiger partial charge in [0.15, 0.2) is 0 Å². The van der Waals surface area contributed by atoms with Gasteiger partial charge in [0.05, 0.1) is 12.1 Å². The minimum Gasteiger partial charge on any atom is -0.419 e. The standard InChI is InChI=1S/C16H11F3N4O2/c17-16(18,19)12-3-1-10(2-4-12)14(24)21-9-13-22-23-15(25-13)11-5-7-20-8-6-11/h1-8H,9H2,(H,21,24). The molecule has 2 heterocycles. The monoisotopic (exact) mass is 348 g/mol. The molecule has 2 aromatic heterocycles. The maximum absolute atomic E-state index is 12.5. The fraction of sp³-hybridized carbons (Fsp3) is 0.125. The molecule has 0 unspecified atom stereocenters. The molecule has 1 aromatic carbocycles. The highest BCUT2D eigenvalue weighted by Gasteiger charge is 2.30. The second-order valence-electron chi connectivity index (χ2n) is 4.99. The van der Waals surface area contributed by atoms with Crippen molar-refractivity contribution < 1.29 is 22.4 Å². The number of halogens is 3. The summed E-state index contributed by atoms with van der Waals surface area (Å²) < 4.78 is 42.9. The summed E-state index contributed by atoms with van der Waals surface area (Å²) in [5, 5.41) is 10.2. The van der Waals surface area contributed by atoms with E-state index in [1.807, 2.05) is 0 Å². The van der Waals surface area contributed by atoms with E-state index in [1.165, 1.54) is 0 Å². The highest BCUT2D eigenvalue weighted by atomic mass is 19.4. The Morgan fingerprint density at radius 1 is 1.04 bits per heavy atom. The van der Waals surface area contributed by atoms with Gasteiger partial charge in [0.1, 0.15) is 0 Å². The Morgan fingerprint density at radius 2 is 1.72 bits per heavy atom. The molecule has 3 rings (SSSR count). The second kappa shape index (κ2) is 6.71. The van der Waals surface area contributed by atoms with Gasteiger partial charge in [-0.05, 0) is 36.4 Å². The van der Waals surface area contributed by atoms with Crippen LogP contribution in [-0.4, -0.2) is 21.1 Å². The molecular formula is C16H11F3N4O2. The molecule has 9 heteroatoms. The molecule has 0 fully saturated rings. The summed E-state index contributed by atoms with van der Waals surface area (Å²) in [7, 11) is 0. The Balaban J connectivity index is 1.62. The van der Waals surface area contributed by atoms with Crippen LogP contribution in [0.5, 0.6) is 0 Å². The number of aromatic nitrogens is 3. The minimum absolute atomic E-state index is 0.0437. The van der Waals surface area contributed by atoms with Gasteiger partial charge >= 0.3 is 6.18 Å². The summed E-state index contributed by atoms with van der Waals surface area (Å²) in [5.41, 5.74) is -0.0346. The van der Waals surface area contributed by atoms with Crippen LogP contribution in [0.1, 0.15) is 21.8 Å². The lowest BCUT2D eigenvalue weighted by Crippen LogP contribution is -2.23. The van der Waals surface area contributed by atoms with Crippen molar-refractivity contribution in [1.82, 2.24) is 20.5 Å². The van der Waals surface area contributed by atoms with Crippen LogP contribution in [0.3, 0.4) is 0 Å². The molecule has 0 atom stereocenters. The van der Waals surface area contributed by atoms with Crippen molar-refractivity contribution in [3.05, 3.63) is 65.8 Å². The summed E-state index contributed by atoms with van der Waals surface area (Å²) in [6.45, 7) is -0.0437. The Morgan fingerprint density at radius 3 is 2.36 bits per heavy atom. The highest BCUT2D eigenvalue weighted by molar-refractivity contribution is 5.94. The summed E-state index contributed by atoms with van der Waals surface area (Å²) in [4.78, 5) is 15.8. The van der Waals surface area contributed by atoms with Gasteiger partial charge in [0.2, 0.25) is 11.8 Å². The van der Waals surface area contributed by atoms with Crippen LogP contribution in [0.15, 0.2) is 53.2 Å². The lowest BCUT2D eigenvalue weighted by atomic mass is 10.1. The predicted octanol–water partition coefficient (Wildman–Crippen LogP) is 3.08. The summed E-state index contributed by atoms with van der Waals surface area (Å²) in [6.07, 6.45) is -1.29. The third-order valence-corrected chi connectivity index (χ3v) is 3.27. The van der Waals surface area contributed by atoms with Crippen molar-refractivity contribution in [3.63, 3.8) is 0 Å². The van der Waals surface area contributed by atoms with Crippen molar-refractivity contribution in [2.45, 2.75) is 12.7 Å². The quantitative estimate of drug-likeness (QED) is 0.784. The van der Waals surface area contributed by atoms with Crippen molar-refractivity contribution >= 4 is 5.91 Å². The normalized spacial score (nSPS) is 11.3. The van der Waals surface area contributed by atoms with Crippen LogP contribution in [0.25, 0.3) is 11.5 Å². The molecular weight excluding hydrogens is 337 g/mol. The Bertz CT molecular complexity index is 861. The van der Waals surface area contributed by atoms with Crippen LogP contribution in [0.2, 0.25) is 0 Å². The smallest absolute Gasteiger partial charge is 0.416 e. The number of benzene rings is 1. The van der Waals surface area contributed by atoms with E-state index in [1.54, 1.807) is 24.5 Å². The predicted molar refractivity (Wildman–Crippen MR) is 80.1 cm³/mol. The number of rotatable bonds is 4. The maximum atomic E-state index is 12.5. The van der Waals surface area contributed by atoms with Gasteiger partial charge in [-0.1, -0.05) is 0 Å². The summed E-state index contributed by atoms with van der Waals surface area (Å²) in [6, 6.07) is 7.30. The number of carbonyl (C=O) groups is 1. The Hall–Kier alpha value is -3.23. The maximum Gasteiger partial charge on any atom is 0.416 e. The van der Waals surface area contributed by atoms with E-state index in [0.717, 1.165) is 24.3 Å². The number of nitrogens with zero attached hydrogens (tertiary/aromatic N) is 3. The fourth-order valence-corrected chi connectivity index (χ4v) is 2.00. The Labute approximate surface area is 139 Å². The zero-order chi connectivity index (χ0) is 17.9. The average molecular weight is 348 g/mol. The van der Waals surface area contributed by atoms with Gasteiger partial charge < -0.3 is 9.73 Å². The first-order valence-corrected chi connectivity index (χ1v) is 7.12. The minimum atomic E-state index is -4.44. The first-order chi connectivity index (χ1) is 11.9. The summed E-state index contributed by atoms with van der Waals surface area (Å²) in [5.74, 6) is -0.0920. The lowest BCUT2D eigenvalue weighted by Gasteiger charge is -2.07. The number of amides is 1. The first-order valence-electron chi connectivity index (χ1n) is 7.12. The molecule has 0 aliphatic heterocycles. The van der Waals surface area contributed by atoms with Crippen LogP contribution >= 0.6 is 0 Å². The number of hydrogen-bond donors (Lipinski definition) is 1. The number of nitrogens with one attached hydrogen (secondary N) is 1. The van der Waals surface area contributed by atoms with E-state index in [4.69, 9.17) is 4.42 Å². The third-order valence-electron chi connectivity index (χ3n) is 3.27. The molecule has 1 N–H and O–H groups in total. The van der Waals surface area contributed by atoms with Crippen LogP contribution in [0, 0.1) is 0 Å². The number of alkyl halides is 3. The highest BCUT2D eigenvalue weighted by Crippen LogP contribution is 2.29. The largest absolute Gasteiger partial charge is 0.419 e. The molecule has 3 aromatic rings. The van der Waals surface area contributed by atoms with E-state index in [-0.39, 0.29) is 23.9 Å². The van der Waals surface area contributed by atoms with Gasteiger partial charge in [0, 0.05) is 23.5 Å². The third kappa shape index (κ3) is 4.00. The van der Waals surface area contributed by atoms with Crippen molar-refractivity contribution in [2.24, 2.45) is 0 Å². The number of hydrogen-bond acceptors (Lipinski definition) is 5. The summed E-state index contributed by atoms with van der Waals surface area (Å²) >= 11 is 0. The van der Waals surface area contributed by atoms with E-state index >= 15 is 0 Å². The molecule has 0 aliphatic rings. The fourth-order valence-electron chi connectivity index (χ4n) is 2.00. The van der Waals surface area contributed by atoms with Gasteiger partial charge in [-0.15, -0.1) is 10.2 Å². The Kier molecular flexibility index (Phi) is 4.46. The van der Waals surface area contributed by atoms with E-state index < -0.39 is 17.6 Å². The molecule has 0 aliphatic carbocycles. The molecule has 0 saturated carbocycles. The second-order valence-corrected chi connectivity index (χ2v) is 4.99. The van der Waals surface area contributed by atoms with Gasteiger partial charge in [-0.25, -0.2) is 0 Å². The van der Waals surface area contributed by atoms with Gasteiger partial charge in [-0.3, -0.25) is 9.78 Å². The molecule has 0 saturated heterocycles. The topological polar surface area (TPSA) is 80.9 Å². The molecule has 0 radical (unpaired) electrons. The molecule has 0 spiro atoms. The van der Waals surface area contributed by atoms with Crippen LogP contribution in [0.4, 0.5) is 13.2 Å². The SMILES string of the molecule is O=C(NCc1nnc(-c2ccncc2)o1)c1ccc(C(F)(F)F)cc1. The van der Waals surface area contributed by atoms with Crippen molar-refractivity contribution in [1.29, 1.82) is 0 Å². The average Bonchev–Trinajstić information content (AvgIpc) is 3.09. The lowest BCUT2D eigenvalue weighted by molar-refractivity contribution is -0.137. The first kappa shape index (κ1) is 16.6. The zero-order valence-electron chi connectivity index (χ0n) is 12.6. The van der Waals surface area contributed by atoms with Crippen molar-refractivity contribution in [2.75, 3.05) is 0 Å². The number of carbonyl (C=O) groups excluding carboxylic acids is 1. The zero-order valence-corrected chi connectivity index (χ0v) is 12.6. The van der Waals surface area contributed by atoms with Crippen LogP contribution < -0.4 is 5.32 Å². The van der Waals surface area contributed by atoms with Crippen molar-refractivity contribution in [3.8, 4) is 11.5 Å². The molecule has 128 valence electrons. The van der Waals surface area contributed by atoms with Gasteiger partial charge in [-0.2, -0.15) is 13.2 Å². The molecule has 1 amide bonds.